The van der Waals surface area contributed by atoms with Gasteiger partial charge in [0.25, 0.3) is 5.91 Å². The molecule has 2 rings (SSSR count). The van der Waals surface area contributed by atoms with E-state index in [9.17, 15) is 4.79 Å². The van der Waals surface area contributed by atoms with Gasteiger partial charge in [0.15, 0.2) is 5.17 Å². The summed E-state index contributed by atoms with van der Waals surface area (Å²) in [5.74, 6) is 0.883. The molecule has 1 N–H and O–H groups in total. The number of amides is 1. The average molecular weight is 448 g/mol. The normalized spacial score (nSPS) is 17.3. The van der Waals surface area contributed by atoms with Crippen LogP contribution in [0.2, 0.25) is 0 Å². The number of hydrogen-bond acceptors (Lipinski definition) is 4. The van der Waals surface area contributed by atoms with E-state index in [1.165, 1.54) is 88.8 Å². The summed E-state index contributed by atoms with van der Waals surface area (Å²) >= 11 is 1.51. The lowest BCUT2D eigenvalue weighted by atomic mass is 9.96. The molecule has 0 saturated heterocycles. The zero-order valence-corrected chi connectivity index (χ0v) is 21.1. The second kappa shape index (κ2) is 15.6. The van der Waals surface area contributed by atoms with Gasteiger partial charge < -0.3 is 10.2 Å². The van der Waals surface area contributed by atoms with Crippen LogP contribution in [0.4, 0.5) is 0 Å². The van der Waals surface area contributed by atoms with Gasteiger partial charge in [-0.15, -0.1) is 0 Å². The van der Waals surface area contributed by atoms with E-state index in [0.717, 1.165) is 47.6 Å². The van der Waals surface area contributed by atoms with E-state index in [1.54, 1.807) is 0 Å². The third-order valence-corrected chi connectivity index (χ3v) is 7.57. The molecule has 0 aromatic carbocycles. The predicted octanol–water partition coefficient (Wildman–Crippen LogP) is 7.38. The van der Waals surface area contributed by atoms with Crippen LogP contribution in [-0.2, 0) is 4.79 Å². The van der Waals surface area contributed by atoms with Crippen LogP contribution in [0.5, 0.6) is 0 Å². The number of hydrogen-bond donors (Lipinski definition) is 1. The van der Waals surface area contributed by atoms with E-state index in [0.29, 0.717) is 0 Å². The van der Waals surface area contributed by atoms with Gasteiger partial charge in [-0.2, -0.15) is 0 Å². The van der Waals surface area contributed by atoms with Gasteiger partial charge in [0.1, 0.15) is 0 Å². The van der Waals surface area contributed by atoms with Crippen LogP contribution in [0.15, 0.2) is 27.9 Å². The van der Waals surface area contributed by atoms with Gasteiger partial charge in [0.05, 0.1) is 4.91 Å². The summed E-state index contributed by atoms with van der Waals surface area (Å²) in [6.07, 6.45) is 22.5. The number of carbonyl (C=O) groups excluding carboxylic acids is 1. The maximum Gasteiger partial charge on any atom is 0.263 e. The molecule has 0 spiro atoms. The third-order valence-electron chi connectivity index (χ3n) is 6.35. The number of aliphatic imine (C=N–C) groups is 1. The molecule has 2 aliphatic rings. The second-order valence-corrected chi connectivity index (χ2v) is 10.2. The summed E-state index contributed by atoms with van der Waals surface area (Å²) < 4.78 is 0. The van der Waals surface area contributed by atoms with E-state index in [-0.39, 0.29) is 5.91 Å². The van der Waals surface area contributed by atoms with Crippen LogP contribution >= 0.6 is 11.8 Å². The minimum Gasteiger partial charge on any atom is -0.328 e. The quantitative estimate of drug-likeness (QED) is 0.251. The molecule has 4 nitrogen and oxygen atoms in total. The van der Waals surface area contributed by atoms with Crippen molar-refractivity contribution in [3.05, 3.63) is 22.9 Å². The minimum atomic E-state index is -0.00444. The first-order valence-corrected chi connectivity index (χ1v) is 13.6. The molecule has 1 unspecified atom stereocenters. The number of unbranched alkanes of at least 4 members (excludes halogenated alkanes) is 9. The number of nitrogens with one attached hydrogen (secondary N) is 1. The third kappa shape index (κ3) is 9.84. The Kier molecular flexibility index (Phi) is 13.1. The summed E-state index contributed by atoms with van der Waals surface area (Å²) in [7, 11) is 0. The molecular weight excluding hydrogens is 402 g/mol. The Morgan fingerprint density at radius 1 is 1.10 bits per heavy atom. The van der Waals surface area contributed by atoms with Crippen molar-refractivity contribution in [1.29, 1.82) is 0 Å². The highest BCUT2D eigenvalue weighted by Crippen LogP contribution is 2.35. The van der Waals surface area contributed by atoms with Crippen molar-refractivity contribution in [3.63, 3.8) is 0 Å². The zero-order valence-electron chi connectivity index (χ0n) is 20.3. The van der Waals surface area contributed by atoms with Crippen molar-refractivity contribution in [3.8, 4) is 0 Å². The number of allylic oxidation sites excluding steroid dienone is 2. The molecule has 0 fully saturated rings. The van der Waals surface area contributed by atoms with E-state index in [2.05, 4.69) is 35.1 Å². The smallest absolute Gasteiger partial charge is 0.263 e. The highest BCUT2D eigenvalue weighted by atomic mass is 32.2. The maximum absolute atomic E-state index is 12.5. The molecule has 176 valence electrons. The monoisotopic (exact) mass is 447 g/mol. The summed E-state index contributed by atoms with van der Waals surface area (Å²) in [4.78, 5) is 19.9. The van der Waals surface area contributed by atoms with E-state index >= 15 is 0 Å². The Bertz CT molecular complexity index is 626. The fourth-order valence-electron chi connectivity index (χ4n) is 4.29. The summed E-state index contributed by atoms with van der Waals surface area (Å²) in [5.41, 5.74) is 1.04. The molecule has 0 saturated carbocycles. The average Bonchev–Trinajstić information content (AvgIpc) is 3.11. The van der Waals surface area contributed by atoms with Gasteiger partial charge in [-0.3, -0.25) is 9.79 Å². The van der Waals surface area contributed by atoms with Crippen molar-refractivity contribution >= 4 is 22.8 Å². The van der Waals surface area contributed by atoms with Crippen LogP contribution in [-0.4, -0.2) is 29.1 Å². The lowest BCUT2D eigenvalue weighted by Crippen LogP contribution is -2.28. The number of amidine groups is 1. The largest absolute Gasteiger partial charge is 0.328 e. The number of thioether (sulfide) groups is 1. The highest BCUT2D eigenvalue weighted by Gasteiger charge is 2.31. The van der Waals surface area contributed by atoms with Crippen molar-refractivity contribution in [2.24, 2.45) is 10.9 Å². The van der Waals surface area contributed by atoms with Crippen LogP contribution in [0.1, 0.15) is 111 Å². The van der Waals surface area contributed by atoms with Crippen molar-refractivity contribution < 1.29 is 4.79 Å². The van der Waals surface area contributed by atoms with Gasteiger partial charge in [0.2, 0.25) is 0 Å². The molecule has 31 heavy (non-hydrogen) atoms. The Morgan fingerprint density at radius 2 is 1.77 bits per heavy atom. The predicted molar refractivity (Wildman–Crippen MR) is 136 cm³/mol. The van der Waals surface area contributed by atoms with Crippen LogP contribution in [0.3, 0.4) is 0 Å². The lowest BCUT2D eigenvalue weighted by Gasteiger charge is -2.23. The molecule has 2 aliphatic heterocycles. The Balaban J connectivity index is 1.45. The molecule has 1 atom stereocenters. The Labute approximate surface area is 195 Å². The van der Waals surface area contributed by atoms with Gasteiger partial charge in [-0.1, -0.05) is 90.6 Å². The van der Waals surface area contributed by atoms with E-state index in [1.807, 2.05) is 13.1 Å². The Morgan fingerprint density at radius 3 is 2.48 bits per heavy atom. The first-order chi connectivity index (χ1) is 15.1. The minimum absolute atomic E-state index is 0.00444. The van der Waals surface area contributed by atoms with E-state index in [4.69, 9.17) is 0 Å². The fraction of sp³-hybridized carbons (Fsp3) is 0.769. The zero-order chi connectivity index (χ0) is 22.3. The molecular formula is C26H45N3OS. The van der Waals surface area contributed by atoms with Crippen molar-refractivity contribution in [2.45, 2.75) is 111 Å². The first kappa shape index (κ1) is 26.0. The lowest BCUT2D eigenvalue weighted by molar-refractivity contribution is -0.116. The summed E-state index contributed by atoms with van der Waals surface area (Å²) in [6, 6.07) is 0. The summed E-state index contributed by atoms with van der Waals surface area (Å²) in [5, 5.41) is 3.92. The molecule has 0 aromatic rings. The van der Waals surface area contributed by atoms with Gasteiger partial charge >= 0.3 is 0 Å². The van der Waals surface area contributed by atoms with Crippen molar-refractivity contribution in [1.82, 2.24) is 10.2 Å². The Hall–Kier alpha value is -1.23. The summed E-state index contributed by atoms with van der Waals surface area (Å²) in [6.45, 7) is 8.58. The fourth-order valence-corrected chi connectivity index (χ4v) is 5.38. The topological polar surface area (TPSA) is 44.7 Å². The van der Waals surface area contributed by atoms with Gasteiger partial charge in [-0.05, 0) is 43.9 Å². The van der Waals surface area contributed by atoms with Crippen LogP contribution < -0.4 is 5.32 Å². The maximum atomic E-state index is 12.5. The number of nitrogens with zero attached hydrogens (tertiary/aromatic N) is 2. The molecule has 0 bridgehead atoms. The SMILES string of the molecule is CCCCCCCCC(C)CCCCCC/C=C\NC(=O)C1=C(C)N2CCCN=C2S1. The van der Waals surface area contributed by atoms with Gasteiger partial charge in [0, 0.05) is 25.0 Å². The number of fused-ring (bicyclic) bond motifs is 1. The number of carbonyl (C=O) groups is 1. The van der Waals surface area contributed by atoms with Crippen LogP contribution in [0.25, 0.3) is 0 Å². The number of rotatable bonds is 16. The van der Waals surface area contributed by atoms with E-state index < -0.39 is 0 Å². The second-order valence-electron chi connectivity index (χ2n) is 9.22. The first-order valence-electron chi connectivity index (χ1n) is 12.8. The molecule has 0 radical (unpaired) electrons. The molecule has 1 amide bonds. The highest BCUT2D eigenvalue weighted by molar-refractivity contribution is 8.18. The molecule has 0 aliphatic carbocycles. The van der Waals surface area contributed by atoms with Gasteiger partial charge in [-0.25, -0.2) is 0 Å². The molecule has 5 heteroatoms. The molecule has 0 aromatic heterocycles. The molecule has 2 heterocycles. The standard InChI is InChI=1S/C26H45N3OS/c1-4-5-6-7-10-13-17-22(2)18-14-11-8-9-12-15-19-27-25(30)24-23(3)29-21-16-20-28-26(29)31-24/h15,19,22H,4-14,16-18,20-21H2,1-3H3,(H,27,30)/b19-15-. The van der Waals surface area contributed by atoms with Crippen LogP contribution in [0, 0.1) is 5.92 Å². The van der Waals surface area contributed by atoms with Crippen molar-refractivity contribution in [2.75, 3.05) is 13.1 Å².